The Bertz CT molecular complexity index is 367. The van der Waals surface area contributed by atoms with E-state index >= 15 is 0 Å². The van der Waals surface area contributed by atoms with Crippen LogP contribution in [0.15, 0.2) is 12.7 Å². The van der Waals surface area contributed by atoms with Crippen molar-refractivity contribution in [3.05, 3.63) is 23.4 Å². The Morgan fingerprint density at radius 2 is 2.29 bits per heavy atom. The summed E-state index contributed by atoms with van der Waals surface area (Å²) < 4.78 is 0. The molecule has 1 aromatic rings. The number of halogens is 1. The maximum absolute atomic E-state index is 10.7. The number of nitrogen functional groups attached to an aromatic ring is 1. The van der Waals surface area contributed by atoms with Gasteiger partial charge in [0.25, 0.3) is 0 Å². The Morgan fingerprint density at radius 1 is 1.57 bits per heavy atom. The molecule has 0 aliphatic carbocycles. The molecule has 1 rings (SSSR count). The number of hydrogen-bond acceptors (Lipinski definition) is 5. The van der Waals surface area contributed by atoms with Crippen molar-refractivity contribution in [3.63, 3.8) is 0 Å². The summed E-state index contributed by atoms with van der Waals surface area (Å²) in [5.74, 6) is 0.338. The zero-order valence-electron chi connectivity index (χ0n) is 7.33. The van der Waals surface area contributed by atoms with E-state index in [1.807, 2.05) is 0 Å². The molecule has 0 radical (unpaired) electrons. The molecule has 6 heteroatoms. The van der Waals surface area contributed by atoms with Crippen LogP contribution in [0, 0.1) is 0 Å². The maximum Gasteiger partial charge on any atom is 0.223 e. The van der Waals surface area contributed by atoms with Crippen LogP contribution in [0.1, 0.15) is 10.4 Å². The first kappa shape index (κ1) is 10.5. The van der Waals surface area contributed by atoms with Gasteiger partial charge in [-0.05, 0) is 0 Å². The highest BCUT2D eigenvalue weighted by molar-refractivity contribution is 6.32. The van der Waals surface area contributed by atoms with Crippen molar-refractivity contribution in [1.29, 1.82) is 0 Å². The number of hydrogen-bond donors (Lipinski definition) is 2. The maximum atomic E-state index is 10.7. The molecule has 0 spiro atoms. The van der Waals surface area contributed by atoms with Crippen LogP contribution in [0.25, 0.3) is 0 Å². The average molecular weight is 213 g/mol. The zero-order chi connectivity index (χ0) is 10.6. The van der Waals surface area contributed by atoms with Crippen molar-refractivity contribution >= 4 is 29.7 Å². The lowest BCUT2D eigenvalue weighted by molar-refractivity contribution is 0.112. The molecule has 0 bridgehead atoms. The van der Waals surface area contributed by atoms with E-state index in [-0.39, 0.29) is 16.7 Å². The Kier molecular flexibility index (Phi) is 3.41. The molecule has 74 valence electrons. The van der Waals surface area contributed by atoms with Gasteiger partial charge in [-0.2, -0.15) is 4.98 Å². The lowest BCUT2D eigenvalue weighted by Crippen LogP contribution is -2.08. The summed E-state index contributed by atoms with van der Waals surface area (Å²) in [7, 11) is 0. The van der Waals surface area contributed by atoms with Crippen LogP contribution in [0.3, 0.4) is 0 Å². The summed E-state index contributed by atoms with van der Waals surface area (Å²) in [6.07, 6.45) is 2.20. The van der Waals surface area contributed by atoms with Crippen molar-refractivity contribution in [2.45, 2.75) is 0 Å². The average Bonchev–Trinajstić information content (AvgIpc) is 2.14. The Morgan fingerprint density at radius 3 is 2.86 bits per heavy atom. The summed E-state index contributed by atoms with van der Waals surface area (Å²) in [5.41, 5.74) is 5.56. The second-order valence-electron chi connectivity index (χ2n) is 2.42. The third-order valence-corrected chi connectivity index (χ3v) is 1.74. The van der Waals surface area contributed by atoms with Gasteiger partial charge in [-0.3, -0.25) is 4.79 Å². The molecule has 5 nitrogen and oxygen atoms in total. The Hall–Kier alpha value is -1.62. The van der Waals surface area contributed by atoms with E-state index in [1.54, 1.807) is 6.08 Å². The number of carbonyl (C=O) groups is 1. The molecule has 0 fully saturated rings. The first-order valence-corrected chi connectivity index (χ1v) is 4.19. The number of nitrogens with zero attached hydrogens (tertiary/aromatic N) is 2. The highest BCUT2D eigenvalue weighted by Gasteiger charge is 2.09. The normalized spacial score (nSPS) is 9.50. The molecule has 3 N–H and O–H groups in total. The fourth-order valence-electron chi connectivity index (χ4n) is 0.866. The second kappa shape index (κ2) is 4.57. The predicted octanol–water partition coefficient (Wildman–Crippen LogP) is 1.12. The molecule has 0 saturated carbocycles. The minimum atomic E-state index is 0.0205. The van der Waals surface area contributed by atoms with E-state index in [0.717, 1.165) is 0 Å². The second-order valence-corrected chi connectivity index (χ2v) is 2.78. The lowest BCUT2D eigenvalue weighted by Gasteiger charge is -2.06. The SMILES string of the molecule is C=CCNc1nc(N)nc(Cl)c1C=O. The van der Waals surface area contributed by atoms with E-state index in [9.17, 15) is 4.79 Å². The van der Waals surface area contributed by atoms with Gasteiger partial charge in [0.1, 0.15) is 11.0 Å². The van der Waals surface area contributed by atoms with Gasteiger partial charge in [-0.15, -0.1) is 6.58 Å². The summed E-state index contributed by atoms with van der Waals surface area (Å²) in [4.78, 5) is 18.1. The number of anilines is 2. The highest BCUT2D eigenvalue weighted by Crippen LogP contribution is 2.19. The van der Waals surface area contributed by atoms with Crippen molar-refractivity contribution in [3.8, 4) is 0 Å². The van der Waals surface area contributed by atoms with Crippen molar-refractivity contribution in [2.75, 3.05) is 17.6 Å². The van der Waals surface area contributed by atoms with Gasteiger partial charge in [0.15, 0.2) is 6.29 Å². The number of aldehydes is 1. The zero-order valence-corrected chi connectivity index (χ0v) is 8.08. The fraction of sp³-hybridized carbons (Fsp3) is 0.125. The summed E-state index contributed by atoms with van der Waals surface area (Å²) in [6, 6.07) is 0. The third kappa shape index (κ3) is 2.20. The molecule has 14 heavy (non-hydrogen) atoms. The molecule has 0 atom stereocenters. The van der Waals surface area contributed by atoms with E-state index < -0.39 is 0 Å². The number of carbonyl (C=O) groups excluding carboxylic acids is 1. The van der Waals surface area contributed by atoms with Crippen molar-refractivity contribution in [2.24, 2.45) is 0 Å². The molecule has 1 aromatic heterocycles. The summed E-state index contributed by atoms with van der Waals surface area (Å²) >= 11 is 5.69. The van der Waals surface area contributed by atoms with Gasteiger partial charge in [-0.25, -0.2) is 4.98 Å². The Balaban J connectivity index is 3.10. The van der Waals surface area contributed by atoms with Crippen LogP contribution in [0.5, 0.6) is 0 Å². The molecule has 0 aliphatic rings. The van der Waals surface area contributed by atoms with Crippen molar-refractivity contribution in [1.82, 2.24) is 9.97 Å². The monoisotopic (exact) mass is 212 g/mol. The summed E-state index contributed by atoms with van der Waals surface area (Å²) in [6.45, 7) is 3.98. The van der Waals surface area contributed by atoms with Crippen LogP contribution < -0.4 is 11.1 Å². The van der Waals surface area contributed by atoms with Crippen molar-refractivity contribution < 1.29 is 4.79 Å². The van der Waals surface area contributed by atoms with Crippen LogP contribution >= 0.6 is 11.6 Å². The fourth-order valence-corrected chi connectivity index (χ4v) is 1.09. The number of nitrogens with one attached hydrogen (secondary N) is 1. The van der Waals surface area contributed by atoms with Crippen LogP contribution in [-0.4, -0.2) is 22.8 Å². The van der Waals surface area contributed by atoms with Crippen LogP contribution in [-0.2, 0) is 0 Å². The molecule has 0 aliphatic heterocycles. The molecule has 0 unspecified atom stereocenters. The Labute approximate surface area is 86.0 Å². The number of nitrogens with two attached hydrogens (primary N) is 1. The molecule has 0 aromatic carbocycles. The van der Waals surface area contributed by atoms with Gasteiger partial charge in [0.05, 0.1) is 5.56 Å². The minimum absolute atomic E-state index is 0.0205. The largest absolute Gasteiger partial charge is 0.368 e. The first-order chi connectivity index (χ1) is 6.69. The van der Waals surface area contributed by atoms with Gasteiger partial charge >= 0.3 is 0 Å². The van der Waals surface area contributed by atoms with E-state index in [4.69, 9.17) is 17.3 Å². The third-order valence-electron chi connectivity index (χ3n) is 1.45. The van der Waals surface area contributed by atoms with Crippen LogP contribution in [0.4, 0.5) is 11.8 Å². The van der Waals surface area contributed by atoms with Gasteiger partial charge < -0.3 is 11.1 Å². The summed E-state index contributed by atoms with van der Waals surface area (Å²) in [5, 5.41) is 2.87. The molecular formula is C8H9ClN4O. The van der Waals surface area contributed by atoms with E-state index in [2.05, 4.69) is 21.9 Å². The molecule has 0 amide bonds. The molecule has 1 heterocycles. The minimum Gasteiger partial charge on any atom is -0.368 e. The van der Waals surface area contributed by atoms with Gasteiger partial charge in [0.2, 0.25) is 5.95 Å². The van der Waals surface area contributed by atoms with Gasteiger partial charge in [-0.1, -0.05) is 17.7 Å². The smallest absolute Gasteiger partial charge is 0.223 e. The number of aromatic nitrogens is 2. The van der Waals surface area contributed by atoms with E-state index in [0.29, 0.717) is 18.6 Å². The van der Waals surface area contributed by atoms with Crippen LogP contribution in [0.2, 0.25) is 5.15 Å². The first-order valence-electron chi connectivity index (χ1n) is 3.82. The van der Waals surface area contributed by atoms with E-state index in [1.165, 1.54) is 0 Å². The lowest BCUT2D eigenvalue weighted by atomic mass is 10.3. The standard InChI is InChI=1S/C8H9ClN4O/c1-2-3-11-7-5(4-14)6(9)12-8(10)13-7/h2,4H,1,3H2,(H3,10,11,12,13). The predicted molar refractivity (Wildman–Crippen MR) is 55.5 cm³/mol. The topological polar surface area (TPSA) is 80.9 Å². The molecular weight excluding hydrogens is 204 g/mol. The quantitative estimate of drug-likeness (QED) is 0.444. The number of rotatable bonds is 4. The van der Waals surface area contributed by atoms with Gasteiger partial charge in [0, 0.05) is 6.54 Å². The molecule has 0 saturated heterocycles. The highest BCUT2D eigenvalue weighted by atomic mass is 35.5.